The standard InChI is InChI=1S/C23H19FN2O/c24-17-13-14-21-19(15-17)18-10-4-5-11-20(18)25-22(23(27)26-21)12-6-9-16-7-2-1-3-8-16/h1-11,13-15,22,25H,12H2,(H,26,27)/b9-6+. The number of fused-ring (bicyclic) bond motifs is 3. The Labute approximate surface area is 157 Å². The van der Waals surface area contributed by atoms with Gasteiger partial charge in [0.05, 0.1) is 0 Å². The number of nitrogens with one attached hydrogen (secondary N) is 2. The van der Waals surface area contributed by atoms with Crippen LogP contribution in [0.2, 0.25) is 0 Å². The molecular weight excluding hydrogens is 339 g/mol. The summed E-state index contributed by atoms with van der Waals surface area (Å²) in [5.74, 6) is -0.476. The molecule has 0 radical (unpaired) electrons. The van der Waals surface area contributed by atoms with Gasteiger partial charge in [0.25, 0.3) is 0 Å². The fraction of sp³-hybridized carbons (Fsp3) is 0.0870. The lowest BCUT2D eigenvalue weighted by Crippen LogP contribution is -2.35. The van der Waals surface area contributed by atoms with Crippen LogP contribution in [0.15, 0.2) is 78.9 Å². The van der Waals surface area contributed by atoms with Gasteiger partial charge in [-0.25, -0.2) is 4.39 Å². The largest absolute Gasteiger partial charge is 0.373 e. The van der Waals surface area contributed by atoms with E-state index in [1.165, 1.54) is 12.1 Å². The lowest BCUT2D eigenvalue weighted by molar-refractivity contribution is -0.116. The van der Waals surface area contributed by atoms with Gasteiger partial charge < -0.3 is 10.6 Å². The van der Waals surface area contributed by atoms with Crippen LogP contribution in [-0.4, -0.2) is 11.9 Å². The Hall–Kier alpha value is -3.40. The van der Waals surface area contributed by atoms with Gasteiger partial charge in [0.2, 0.25) is 5.91 Å². The van der Waals surface area contributed by atoms with Crippen LogP contribution in [0.4, 0.5) is 15.8 Å². The SMILES string of the molecule is O=C1Nc2ccc(F)cc2-c2ccccc2NC1C/C=C/c1ccccc1. The minimum atomic E-state index is -0.427. The van der Waals surface area contributed by atoms with Crippen molar-refractivity contribution in [3.8, 4) is 11.1 Å². The second-order valence-electron chi connectivity index (χ2n) is 6.47. The molecule has 4 heteroatoms. The lowest BCUT2D eigenvalue weighted by Gasteiger charge is -2.25. The van der Waals surface area contributed by atoms with Gasteiger partial charge in [-0.1, -0.05) is 60.7 Å². The number of hydrogen-bond donors (Lipinski definition) is 2. The molecule has 0 aliphatic carbocycles. The molecule has 1 atom stereocenters. The molecule has 134 valence electrons. The van der Waals surface area contributed by atoms with Crippen LogP contribution in [0.25, 0.3) is 17.2 Å². The molecule has 0 saturated carbocycles. The molecular formula is C23H19FN2O. The number of anilines is 2. The van der Waals surface area contributed by atoms with Gasteiger partial charge in [-0.15, -0.1) is 0 Å². The Morgan fingerprint density at radius 2 is 1.67 bits per heavy atom. The molecule has 0 spiro atoms. The smallest absolute Gasteiger partial charge is 0.247 e. The summed E-state index contributed by atoms with van der Waals surface area (Å²) in [5.41, 5.74) is 4.06. The van der Waals surface area contributed by atoms with Crippen molar-refractivity contribution < 1.29 is 9.18 Å². The number of rotatable bonds is 3. The average molecular weight is 358 g/mol. The Morgan fingerprint density at radius 3 is 2.52 bits per heavy atom. The monoisotopic (exact) mass is 358 g/mol. The van der Waals surface area contributed by atoms with E-state index in [0.29, 0.717) is 17.7 Å². The minimum Gasteiger partial charge on any atom is -0.373 e. The van der Waals surface area contributed by atoms with E-state index in [4.69, 9.17) is 0 Å². The molecule has 27 heavy (non-hydrogen) atoms. The summed E-state index contributed by atoms with van der Waals surface area (Å²) in [6.45, 7) is 0. The number of amides is 1. The highest BCUT2D eigenvalue weighted by Gasteiger charge is 2.23. The molecule has 1 aliphatic rings. The maximum absolute atomic E-state index is 13.8. The van der Waals surface area contributed by atoms with Gasteiger partial charge >= 0.3 is 0 Å². The molecule has 0 aromatic heterocycles. The molecule has 1 aliphatic heterocycles. The Bertz CT molecular complexity index is 998. The van der Waals surface area contributed by atoms with E-state index in [1.54, 1.807) is 6.07 Å². The van der Waals surface area contributed by atoms with Crippen molar-refractivity contribution >= 4 is 23.4 Å². The maximum atomic E-state index is 13.8. The molecule has 1 unspecified atom stereocenters. The zero-order valence-corrected chi connectivity index (χ0v) is 14.7. The summed E-state index contributed by atoms with van der Waals surface area (Å²) in [4.78, 5) is 12.8. The average Bonchev–Trinajstić information content (AvgIpc) is 2.69. The van der Waals surface area contributed by atoms with Crippen molar-refractivity contribution in [1.29, 1.82) is 0 Å². The number of halogens is 1. The van der Waals surface area contributed by atoms with Gasteiger partial charge in [-0.05, 0) is 36.2 Å². The highest BCUT2D eigenvalue weighted by molar-refractivity contribution is 6.03. The molecule has 0 bridgehead atoms. The Morgan fingerprint density at radius 1 is 0.889 bits per heavy atom. The third-order valence-electron chi connectivity index (χ3n) is 4.58. The molecule has 0 fully saturated rings. The van der Waals surface area contributed by atoms with E-state index < -0.39 is 6.04 Å². The second-order valence-corrected chi connectivity index (χ2v) is 6.47. The first-order chi connectivity index (χ1) is 13.2. The summed E-state index contributed by atoms with van der Waals surface area (Å²) in [6.07, 6.45) is 4.52. The first kappa shape index (κ1) is 17.0. The highest BCUT2D eigenvalue weighted by Crippen LogP contribution is 2.36. The van der Waals surface area contributed by atoms with Crippen molar-refractivity contribution in [2.45, 2.75) is 12.5 Å². The number of carbonyl (C=O) groups is 1. The number of para-hydroxylation sites is 1. The van der Waals surface area contributed by atoms with E-state index in [0.717, 1.165) is 16.8 Å². The van der Waals surface area contributed by atoms with Crippen LogP contribution in [-0.2, 0) is 4.79 Å². The predicted octanol–water partition coefficient (Wildman–Crippen LogP) is 5.33. The zero-order valence-electron chi connectivity index (χ0n) is 14.7. The first-order valence-corrected chi connectivity index (χ1v) is 8.89. The highest BCUT2D eigenvalue weighted by atomic mass is 19.1. The summed E-state index contributed by atoms with van der Waals surface area (Å²) in [7, 11) is 0. The molecule has 2 N–H and O–H groups in total. The van der Waals surface area contributed by atoms with Crippen LogP contribution < -0.4 is 10.6 Å². The topological polar surface area (TPSA) is 41.1 Å². The quantitative estimate of drug-likeness (QED) is 0.664. The zero-order chi connectivity index (χ0) is 18.6. The lowest BCUT2D eigenvalue weighted by atomic mass is 9.98. The molecule has 3 aromatic rings. The van der Waals surface area contributed by atoms with Crippen LogP contribution in [0.5, 0.6) is 0 Å². The Balaban J connectivity index is 1.65. The second kappa shape index (κ2) is 7.46. The maximum Gasteiger partial charge on any atom is 0.247 e. The van der Waals surface area contributed by atoms with Crippen LogP contribution in [0.1, 0.15) is 12.0 Å². The van der Waals surface area contributed by atoms with Crippen molar-refractivity contribution in [1.82, 2.24) is 0 Å². The fourth-order valence-electron chi connectivity index (χ4n) is 3.24. The van der Waals surface area contributed by atoms with E-state index in [9.17, 15) is 9.18 Å². The van der Waals surface area contributed by atoms with E-state index in [2.05, 4.69) is 10.6 Å². The molecule has 4 rings (SSSR count). The molecule has 3 aromatic carbocycles. The summed E-state index contributed by atoms with van der Waals surface area (Å²) >= 11 is 0. The summed E-state index contributed by atoms with van der Waals surface area (Å²) in [5, 5.41) is 6.24. The number of benzene rings is 3. The number of carbonyl (C=O) groups excluding carboxylic acids is 1. The fourth-order valence-corrected chi connectivity index (χ4v) is 3.24. The van der Waals surface area contributed by atoms with Gasteiger partial charge in [0, 0.05) is 22.5 Å². The van der Waals surface area contributed by atoms with Crippen LogP contribution in [0, 0.1) is 5.82 Å². The van der Waals surface area contributed by atoms with E-state index in [1.807, 2.05) is 66.7 Å². The van der Waals surface area contributed by atoms with E-state index >= 15 is 0 Å². The van der Waals surface area contributed by atoms with Crippen molar-refractivity contribution in [2.75, 3.05) is 10.6 Å². The number of hydrogen-bond acceptors (Lipinski definition) is 2. The van der Waals surface area contributed by atoms with Gasteiger partial charge in [0.15, 0.2) is 0 Å². The normalized spacial score (nSPS) is 15.9. The van der Waals surface area contributed by atoms with Crippen LogP contribution in [0.3, 0.4) is 0 Å². The minimum absolute atomic E-state index is 0.143. The van der Waals surface area contributed by atoms with Gasteiger partial charge in [0.1, 0.15) is 11.9 Å². The predicted molar refractivity (Wildman–Crippen MR) is 108 cm³/mol. The molecule has 1 heterocycles. The summed E-state index contributed by atoms with van der Waals surface area (Å²) < 4.78 is 13.8. The summed E-state index contributed by atoms with van der Waals surface area (Å²) in [6, 6.07) is 21.6. The van der Waals surface area contributed by atoms with Gasteiger partial charge in [-0.3, -0.25) is 4.79 Å². The first-order valence-electron chi connectivity index (χ1n) is 8.89. The van der Waals surface area contributed by atoms with Crippen molar-refractivity contribution in [3.05, 3.63) is 90.3 Å². The third-order valence-corrected chi connectivity index (χ3v) is 4.58. The third kappa shape index (κ3) is 3.75. The van der Waals surface area contributed by atoms with Gasteiger partial charge in [-0.2, -0.15) is 0 Å². The van der Waals surface area contributed by atoms with E-state index in [-0.39, 0.29) is 11.7 Å². The molecule has 1 amide bonds. The van der Waals surface area contributed by atoms with Crippen LogP contribution >= 0.6 is 0 Å². The van der Waals surface area contributed by atoms with Crippen molar-refractivity contribution in [2.24, 2.45) is 0 Å². The molecule has 3 nitrogen and oxygen atoms in total. The Kier molecular flexibility index (Phi) is 4.71. The van der Waals surface area contributed by atoms with Crippen molar-refractivity contribution in [3.63, 3.8) is 0 Å². The molecule has 0 saturated heterocycles.